The first kappa shape index (κ1) is 20.4. The van der Waals surface area contributed by atoms with E-state index in [2.05, 4.69) is 10.6 Å². The molecule has 1 heterocycles. The van der Waals surface area contributed by atoms with Gasteiger partial charge in [0, 0.05) is 10.7 Å². The van der Waals surface area contributed by atoms with Crippen molar-refractivity contribution in [2.45, 2.75) is 0 Å². The van der Waals surface area contributed by atoms with Crippen LogP contribution in [-0.4, -0.2) is 29.3 Å². The Bertz CT molecular complexity index is 1160. The fourth-order valence-corrected chi connectivity index (χ4v) is 3.29. The molecule has 0 atom stereocenters. The number of imide groups is 1. The Hall–Kier alpha value is -3.90. The summed E-state index contributed by atoms with van der Waals surface area (Å²) in [6.45, 7) is -0.391. The minimum absolute atomic E-state index is 0.122. The van der Waals surface area contributed by atoms with Gasteiger partial charge >= 0.3 is 6.03 Å². The van der Waals surface area contributed by atoms with Gasteiger partial charge in [0.1, 0.15) is 12.2 Å². The molecular weight excluding hydrogens is 414 g/mol. The summed E-state index contributed by atoms with van der Waals surface area (Å²) in [6, 6.07) is 23.4. The number of amides is 4. The topological polar surface area (TPSA) is 78.5 Å². The molecule has 0 bridgehead atoms. The Kier molecular flexibility index (Phi) is 5.82. The number of anilines is 1. The second-order valence-electron chi connectivity index (χ2n) is 6.92. The molecule has 154 valence electrons. The van der Waals surface area contributed by atoms with Gasteiger partial charge in [-0.1, -0.05) is 66.2 Å². The summed E-state index contributed by atoms with van der Waals surface area (Å²) in [5.74, 6) is -1.04. The number of carbonyl (C=O) groups is 3. The Labute approximate surface area is 184 Å². The Balaban J connectivity index is 1.43. The maximum Gasteiger partial charge on any atom is 0.329 e. The normalized spacial score (nSPS) is 14.6. The first-order valence-electron chi connectivity index (χ1n) is 9.55. The molecule has 2 N–H and O–H groups in total. The highest BCUT2D eigenvalue weighted by molar-refractivity contribution is 6.30. The first-order valence-corrected chi connectivity index (χ1v) is 9.93. The fraction of sp³-hybridized carbons (Fsp3) is 0.0417. The number of carbonyl (C=O) groups excluding carboxylic acids is 3. The second-order valence-corrected chi connectivity index (χ2v) is 7.36. The quantitative estimate of drug-likeness (QED) is 0.460. The SMILES string of the molecule is O=C(CN1C(=O)N/C(=C\c2ccc(-c3ccccc3)cc2)C1=O)Nc1ccc(Cl)cc1. The van der Waals surface area contributed by atoms with Gasteiger partial charge in [0.25, 0.3) is 5.91 Å². The molecule has 6 nitrogen and oxygen atoms in total. The van der Waals surface area contributed by atoms with Crippen LogP contribution in [-0.2, 0) is 9.59 Å². The summed E-state index contributed by atoms with van der Waals surface area (Å²) in [5.41, 5.74) is 3.54. The standard InChI is InChI=1S/C24H18ClN3O3/c25-19-10-12-20(13-11-19)26-22(29)15-28-23(30)21(27-24(28)31)14-16-6-8-18(9-7-16)17-4-2-1-3-5-17/h1-14H,15H2,(H,26,29)(H,27,31)/b21-14-. The van der Waals surface area contributed by atoms with Crippen LogP contribution in [0.25, 0.3) is 17.2 Å². The lowest BCUT2D eigenvalue weighted by Crippen LogP contribution is -2.38. The van der Waals surface area contributed by atoms with Crippen LogP contribution in [0.4, 0.5) is 10.5 Å². The van der Waals surface area contributed by atoms with E-state index in [1.54, 1.807) is 30.3 Å². The van der Waals surface area contributed by atoms with Crippen LogP contribution in [0.1, 0.15) is 5.56 Å². The molecule has 0 radical (unpaired) electrons. The summed E-state index contributed by atoms with van der Waals surface area (Å²) in [4.78, 5) is 37.9. The number of halogens is 1. The van der Waals surface area contributed by atoms with Crippen LogP contribution in [0.3, 0.4) is 0 Å². The predicted molar refractivity (Wildman–Crippen MR) is 120 cm³/mol. The van der Waals surface area contributed by atoms with Crippen LogP contribution >= 0.6 is 11.6 Å². The lowest BCUT2D eigenvalue weighted by Gasteiger charge is -2.12. The molecule has 0 aliphatic carbocycles. The summed E-state index contributed by atoms with van der Waals surface area (Å²) in [7, 11) is 0. The Morgan fingerprint density at radius 2 is 1.55 bits per heavy atom. The highest BCUT2D eigenvalue weighted by Crippen LogP contribution is 2.21. The van der Waals surface area contributed by atoms with Crippen molar-refractivity contribution in [1.82, 2.24) is 10.2 Å². The van der Waals surface area contributed by atoms with Crippen molar-refractivity contribution in [3.05, 3.63) is 95.1 Å². The molecule has 1 aliphatic rings. The maximum atomic E-state index is 12.6. The van der Waals surface area contributed by atoms with Gasteiger partial charge in [-0.3, -0.25) is 9.59 Å². The average molecular weight is 432 g/mol. The number of hydrogen-bond donors (Lipinski definition) is 2. The van der Waals surface area contributed by atoms with Gasteiger partial charge in [-0.25, -0.2) is 9.69 Å². The lowest BCUT2D eigenvalue weighted by molar-refractivity contribution is -0.127. The van der Waals surface area contributed by atoms with Crippen molar-refractivity contribution < 1.29 is 14.4 Å². The molecule has 1 aliphatic heterocycles. The molecule has 7 heteroatoms. The van der Waals surface area contributed by atoms with Crippen LogP contribution in [0.5, 0.6) is 0 Å². The van der Waals surface area contributed by atoms with Gasteiger partial charge in [-0.15, -0.1) is 0 Å². The zero-order chi connectivity index (χ0) is 21.8. The zero-order valence-electron chi connectivity index (χ0n) is 16.3. The maximum absolute atomic E-state index is 12.6. The van der Waals surface area contributed by atoms with Crippen molar-refractivity contribution in [1.29, 1.82) is 0 Å². The van der Waals surface area contributed by atoms with E-state index < -0.39 is 24.4 Å². The van der Waals surface area contributed by atoms with E-state index in [4.69, 9.17) is 11.6 Å². The summed E-state index contributed by atoms with van der Waals surface area (Å²) in [5, 5.41) is 5.70. The molecule has 3 aromatic rings. The van der Waals surface area contributed by atoms with E-state index in [1.165, 1.54) is 0 Å². The van der Waals surface area contributed by atoms with Crippen molar-refractivity contribution >= 4 is 41.2 Å². The first-order chi connectivity index (χ1) is 15.0. The molecule has 0 saturated carbocycles. The van der Waals surface area contributed by atoms with Crippen molar-refractivity contribution in [3.8, 4) is 11.1 Å². The monoisotopic (exact) mass is 431 g/mol. The largest absolute Gasteiger partial charge is 0.329 e. The third-order valence-corrected chi connectivity index (χ3v) is 4.97. The summed E-state index contributed by atoms with van der Waals surface area (Å²) in [6.07, 6.45) is 1.59. The van der Waals surface area contributed by atoms with Crippen LogP contribution < -0.4 is 10.6 Å². The minimum Gasteiger partial charge on any atom is -0.325 e. The average Bonchev–Trinajstić information content (AvgIpc) is 3.04. The van der Waals surface area contributed by atoms with Gasteiger partial charge in [0.05, 0.1) is 0 Å². The molecule has 31 heavy (non-hydrogen) atoms. The third kappa shape index (κ3) is 4.82. The fourth-order valence-electron chi connectivity index (χ4n) is 3.16. The summed E-state index contributed by atoms with van der Waals surface area (Å²) >= 11 is 5.82. The van der Waals surface area contributed by atoms with Gasteiger partial charge in [-0.2, -0.15) is 0 Å². The number of nitrogens with one attached hydrogen (secondary N) is 2. The Morgan fingerprint density at radius 1 is 0.903 bits per heavy atom. The number of urea groups is 1. The minimum atomic E-state index is -0.636. The number of nitrogens with zero attached hydrogens (tertiary/aromatic N) is 1. The lowest BCUT2D eigenvalue weighted by atomic mass is 10.0. The van der Waals surface area contributed by atoms with Gasteiger partial charge in [0.2, 0.25) is 5.91 Å². The van der Waals surface area contributed by atoms with Crippen molar-refractivity contribution in [2.24, 2.45) is 0 Å². The van der Waals surface area contributed by atoms with E-state index in [1.807, 2.05) is 54.6 Å². The molecule has 4 rings (SSSR count). The smallest absolute Gasteiger partial charge is 0.325 e. The Morgan fingerprint density at radius 3 is 2.23 bits per heavy atom. The highest BCUT2D eigenvalue weighted by atomic mass is 35.5. The molecular formula is C24H18ClN3O3. The van der Waals surface area contributed by atoms with E-state index in [0.29, 0.717) is 10.7 Å². The van der Waals surface area contributed by atoms with Crippen LogP contribution in [0.15, 0.2) is 84.6 Å². The third-order valence-electron chi connectivity index (χ3n) is 4.72. The van der Waals surface area contributed by atoms with Gasteiger partial charge in [-0.05, 0) is 47.0 Å². The number of benzene rings is 3. The van der Waals surface area contributed by atoms with Gasteiger partial charge in [0.15, 0.2) is 0 Å². The molecule has 0 spiro atoms. The molecule has 1 fully saturated rings. The highest BCUT2D eigenvalue weighted by Gasteiger charge is 2.34. The van der Waals surface area contributed by atoms with Crippen molar-refractivity contribution in [2.75, 3.05) is 11.9 Å². The molecule has 3 aromatic carbocycles. The zero-order valence-corrected chi connectivity index (χ0v) is 17.1. The second kappa shape index (κ2) is 8.85. The number of hydrogen-bond acceptors (Lipinski definition) is 3. The van der Waals surface area contributed by atoms with E-state index in [0.717, 1.165) is 21.6 Å². The predicted octanol–water partition coefficient (Wildman–Crippen LogP) is 4.54. The van der Waals surface area contributed by atoms with E-state index >= 15 is 0 Å². The molecule has 0 aromatic heterocycles. The molecule has 1 saturated heterocycles. The van der Waals surface area contributed by atoms with Crippen molar-refractivity contribution in [3.63, 3.8) is 0 Å². The molecule has 0 unspecified atom stereocenters. The van der Waals surface area contributed by atoms with Crippen LogP contribution in [0.2, 0.25) is 5.02 Å². The van der Waals surface area contributed by atoms with E-state index in [9.17, 15) is 14.4 Å². The van der Waals surface area contributed by atoms with Gasteiger partial charge < -0.3 is 10.6 Å². The summed E-state index contributed by atoms with van der Waals surface area (Å²) < 4.78 is 0. The molecule has 4 amide bonds. The van der Waals surface area contributed by atoms with Crippen LogP contribution in [0, 0.1) is 0 Å². The number of rotatable bonds is 5. The van der Waals surface area contributed by atoms with E-state index in [-0.39, 0.29) is 5.70 Å².